The smallest absolute Gasteiger partial charge is 0.254 e. The molecule has 2 aromatic heterocycles. The Morgan fingerprint density at radius 1 is 1.29 bits per heavy atom. The van der Waals surface area contributed by atoms with Crippen molar-refractivity contribution in [2.75, 3.05) is 25.1 Å². The van der Waals surface area contributed by atoms with Crippen molar-refractivity contribution in [1.29, 1.82) is 0 Å². The van der Waals surface area contributed by atoms with Gasteiger partial charge in [-0.05, 0) is 38.3 Å². The first-order valence-corrected chi connectivity index (χ1v) is 8.33. The minimum Gasteiger partial charge on any atom is -0.381 e. The highest BCUT2D eigenvalue weighted by molar-refractivity contribution is 5.56. The molecule has 6 heteroatoms. The summed E-state index contributed by atoms with van der Waals surface area (Å²) in [7, 11) is 0. The fourth-order valence-corrected chi connectivity index (χ4v) is 2.13. The van der Waals surface area contributed by atoms with Gasteiger partial charge in [0.2, 0.25) is 0 Å². The molecule has 0 aliphatic heterocycles. The zero-order valence-corrected chi connectivity index (χ0v) is 14.8. The molecule has 0 radical (unpaired) electrons. The van der Waals surface area contributed by atoms with Gasteiger partial charge in [0.05, 0.1) is 0 Å². The number of hydrogen-bond donors (Lipinski definition) is 2. The third-order valence-corrected chi connectivity index (χ3v) is 3.65. The fourth-order valence-electron chi connectivity index (χ4n) is 2.13. The van der Waals surface area contributed by atoms with Crippen LogP contribution in [0.2, 0.25) is 0 Å². The fraction of sp³-hybridized carbons (Fsp3) is 0.500. The van der Waals surface area contributed by atoms with Crippen LogP contribution in [0, 0.1) is 19.8 Å². The van der Waals surface area contributed by atoms with E-state index in [4.69, 9.17) is 4.74 Å². The van der Waals surface area contributed by atoms with Crippen molar-refractivity contribution in [3.8, 4) is 11.4 Å². The Balaban J connectivity index is 1.88. The first kappa shape index (κ1) is 18.1. The molecule has 2 N–H and O–H groups in total. The van der Waals surface area contributed by atoms with E-state index in [0.717, 1.165) is 43.3 Å². The summed E-state index contributed by atoms with van der Waals surface area (Å²) in [5, 5.41) is 3.26. The van der Waals surface area contributed by atoms with Crippen molar-refractivity contribution >= 4 is 5.82 Å². The Morgan fingerprint density at radius 3 is 2.71 bits per heavy atom. The average molecular weight is 330 g/mol. The van der Waals surface area contributed by atoms with Crippen LogP contribution in [0.5, 0.6) is 0 Å². The van der Waals surface area contributed by atoms with E-state index in [0.29, 0.717) is 17.3 Å². The Bertz CT molecular complexity index is 708. The summed E-state index contributed by atoms with van der Waals surface area (Å²) in [5.74, 6) is 1.91. The molecular weight excluding hydrogens is 304 g/mol. The summed E-state index contributed by atoms with van der Waals surface area (Å²) >= 11 is 0. The van der Waals surface area contributed by atoms with Crippen LogP contribution in [0.1, 0.15) is 31.5 Å². The van der Waals surface area contributed by atoms with Gasteiger partial charge < -0.3 is 15.0 Å². The minimum absolute atomic E-state index is 0.110. The van der Waals surface area contributed by atoms with Crippen LogP contribution in [-0.2, 0) is 4.74 Å². The molecule has 0 fully saturated rings. The molecular formula is C18H26N4O2. The van der Waals surface area contributed by atoms with Gasteiger partial charge in [0, 0.05) is 42.8 Å². The second-order valence-corrected chi connectivity index (χ2v) is 6.31. The van der Waals surface area contributed by atoms with Gasteiger partial charge in [-0.25, -0.2) is 9.97 Å². The molecule has 0 aliphatic carbocycles. The lowest BCUT2D eigenvalue weighted by Gasteiger charge is -2.09. The molecule has 0 aromatic carbocycles. The van der Waals surface area contributed by atoms with Gasteiger partial charge in [-0.2, -0.15) is 0 Å². The molecule has 24 heavy (non-hydrogen) atoms. The van der Waals surface area contributed by atoms with Crippen LogP contribution in [0.4, 0.5) is 5.82 Å². The highest BCUT2D eigenvalue weighted by atomic mass is 16.5. The summed E-state index contributed by atoms with van der Waals surface area (Å²) in [6.45, 7) is 10.2. The van der Waals surface area contributed by atoms with Gasteiger partial charge in [0.1, 0.15) is 11.6 Å². The second-order valence-electron chi connectivity index (χ2n) is 6.31. The second kappa shape index (κ2) is 8.59. The number of rotatable bonds is 8. The first-order valence-electron chi connectivity index (χ1n) is 8.33. The summed E-state index contributed by atoms with van der Waals surface area (Å²) < 4.78 is 5.54. The zero-order valence-electron chi connectivity index (χ0n) is 14.8. The lowest BCUT2D eigenvalue weighted by Crippen LogP contribution is -2.14. The van der Waals surface area contributed by atoms with E-state index in [1.807, 2.05) is 19.1 Å². The van der Waals surface area contributed by atoms with Crippen molar-refractivity contribution < 1.29 is 4.74 Å². The number of H-pyrrole nitrogens is 1. The van der Waals surface area contributed by atoms with Gasteiger partial charge in [-0.15, -0.1) is 0 Å². The molecule has 2 rings (SSSR count). The molecule has 0 bridgehead atoms. The van der Waals surface area contributed by atoms with E-state index in [9.17, 15) is 4.79 Å². The molecule has 2 heterocycles. The van der Waals surface area contributed by atoms with Crippen LogP contribution in [0.25, 0.3) is 11.4 Å². The molecule has 0 saturated heterocycles. The lowest BCUT2D eigenvalue weighted by molar-refractivity contribution is 0.110. The summed E-state index contributed by atoms with van der Waals surface area (Å²) in [6, 6.07) is 3.79. The quantitative estimate of drug-likeness (QED) is 0.728. The number of nitrogens with zero attached hydrogens (tertiary/aromatic N) is 2. The topological polar surface area (TPSA) is 79.9 Å². The highest BCUT2D eigenvalue weighted by Gasteiger charge is 2.06. The van der Waals surface area contributed by atoms with Crippen molar-refractivity contribution in [1.82, 2.24) is 15.0 Å². The van der Waals surface area contributed by atoms with Crippen LogP contribution in [0.3, 0.4) is 0 Å². The third kappa shape index (κ3) is 5.16. The molecule has 0 atom stereocenters. The maximum Gasteiger partial charge on any atom is 0.254 e. The van der Waals surface area contributed by atoms with E-state index < -0.39 is 0 Å². The maximum atomic E-state index is 11.8. The van der Waals surface area contributed by atoms with Crippen LogP contribution < -0.4 is 10.9 Å². The monoisotopic (exact) mass is 330 g/mol. The molecule has 0 unspecified atom stereocenters. The Labute approximate surface area is 142 Å². The van der Waals surface area contributed by atoms with Gasteiger partial charge in [0.15, 0.2) is 0 Å². The molecule has 2 aromatic rings. The molecule has 0 aliphatic rings. The number of aromatic amines is 1. The number of pyridine rings is 1. The van der Waals surface area contributed by atoms with Crippen LogP contribution in [0.15, 0.2) is 23.1 Å². The van der Waals surface area contributed by atoms with Gasteiger partial charge in [-0.1, -0.05) is 13.8 Å². The zero-order chi connectivity index (χ0) is 17.5. The Hall–Kier alpha value is -2.21. The highest BCUT2D eigenvalue weighted by Crippen LogP contribution is 2.15. The van der Waals surface area contributed by atoms with E-state index in [1.165, 1.54) is 0 Å². The van der Waals surface area contributed by atoms with Gasteiger partial charge >= 0.3 is 0 Å². The number of aromatic nitrogens is 3. The van der Waals surface area contributed by atoms with Crippen LogP contribution in [-0.4, -0.2) is 34.7 Å². The number of anilines is 1. The van der Waals surface area contributed by atoms with Crippen molar-refractivity contribution in [2.45, 2.75) is 34.1 Å². The number of nitrogens with one attached hydrogen (secondary N) is 2. The van der Waals surface area contributed by atoms with Gasteiger partial charge in [-0.3, -0.25) is 4.79 Å². The molecule has 0 amide bonds. The van der Waals surface area contributed by atoms with Gasteiger partial charge in [0.25, 0.3) is 5.56 Å². The molecule has 0 saturated carbocycles. The summed E-state index contributed by atoms with van der Waals surface area (Å²) in [6.07, 6.45) is 2.65. The molecule has 6 nitrogen and oxygen atoms in total. The maximum absolute atomic E-state index is 11.8. The average Bonchev–Trinajstić information content (AvgIpc) is 2.55. The molecule has 0 spiro atoms. The number of aryl methyl sites for hydroxylation is 1. The van der Waals surface area contributed by atoms with E-state index in [1.54, 1.807) is 13.1 Å². The van der Waals surface area contributed by atoms with E-state index >= 15 is 0 Å². The summed E-state index contributed by atoms with van der Waals surface area (Å²) in [4.78, 5) is 23.4. The van der Waals surface area contributed by atoms with E-state index in [2.05, 4.69) is 34.1 Å². The normalized spacial score (nSPS) is 11.0. The van der Waals surface area contributed by atoms with Crippen molar-refractivity contribution in [2.24, 2.45) is 5.92 Å². The standard InChI is InChI=1S/C18H26N4O2/c1-12(2)11-24-9-5-8-19-16-7-6-15(10-20-16)17-21-14(4)13(3)18(23)22-17/h6-7,10,12H,5,8-9,11H2,1-4H3,(H,19,20)(H,21,22,23). The molecule has 130 valence electrons. The predicted molar refractivity (Wildman–Crippen MR) is 96.3 cm³/mol. The van der Waals surface area contributed by atoms with Crippen LogP contribution >= 0.6 is 0 Å². The number of ether oxygens (including phenoxy) is 1. The van der Waals surface area contributed by atoms with Crippen molar-refractivity contribution in [3.63, 3.8) is 0 Å². The SMILES string of the molecule is Cc1nc(-c2ccc(NCCCOCC(C)C)nc2)[nH]c(=O)c1C. The third-order valence-electron chi connectivity index (χ3n) is 3.65. The predicted octanol–water partition coefficient (Wildman–Crippen LogP) is 2.92. The first-order chi connectivity index (χ1) is 11.5. The van der Waals surface area contributed by atoms with E-state index in [-0.39, 0.29) is 5.56 Å². The lowest BCUT2D eigenvalue weighted by atomic mass is 10.2. The summed E-state index contributed by atoms with van der Waals surface area (Å²) in [5.41, 5.74) is 2.06. The Kier molecular flexibility index (Phi) is 6.49. The minimum atomic E-state index is -0.110. The number of hydrogen-bond acceptors (Lipinski definition) is 5. The van der Waals surface area contributed by atoms with Crippen molar-refractivity contribution in [3.05, 3.63) is 39.9 Å². The Morgan fingerprint density at radius 2 is 2.08 bits per heavy atom. The largest absolute Gasteiger partial charge is 0.381 e.